The molecule has 0 aromatic heterocycles. The molecule has 9 nitrogen and oxygen atoms in total. The first kappa shape index (κ1) is 27.5. The van der Waals surface area contributed by atoms with Gasteiger partial charge in [0, 0.05) is 39.1 Å². The first-order valence-electron chi connectivity index (χ1n) is 12.6. The van der Waals surface area contributed by atoms with Crippen molar-refractivity contribution in [1.29, 1.82) is 0 Å². The van der Waals surface area contributed by atoms with Gasteiger partial charge in [-0.2, -0.15) is 0 Å². The van der Waals surface area contributed by atoms with Crippen LogP contribution < -0.4 is 4.74 Å². The molecule has 0 bridgehead atoms. The maximum atomic E-state index is 13.4. The Hall–Kier alpha value is -2.50. The number of aliphatic hydroxyl groups excluding tert-OH is 2. The van der Waals surface area contributed by atoms with E-state index in [0.717, 1.165) is 22.3 Å². The van der Waals surface area contributed by atoms with E-state index in [4.69, 9.17) is 9.47 Å². The molecule has 0 atom stereocenters. The number of carboxylic acid groups (broad SMARTS) is 1. The van der Waals surface area contributed by atoms with Crippen molar-refractivity contribution in [3.63, 3.8) is 0 Å². The number of aliphatic carboxylic acids is 1. The normalized spacial score (nSPS) is 19.1. The van der Waals surface area contributed by atoms with Crippen LogP contribution in [-0.2, 0) is 19.6 Å². The maximum absolute atomic E-state index is 13.4. The number of benzene rings is 2. The smallest absolute Gasteiger partial charge is 0.326 e. The Balaban J connectivity index is 1.46. The number of carbonyl (C=O) groups is 1. The lowest BCUT2D eigenvalue weighted by Crippen LogP contribution is -2.57. The molecule has 2 aliphatic rings. The van der Waals surface area contributed by atoms with Gasteiger partial charge in [0.05, 0.1) is 13.2 Å². The molecule has 2 fully saturated rings. The van der Waals surface area contributed by atoms with E-state index in [9.17, 15) is 28.5 Å². The first-order chi connectivity index (χ1) is 17.7. The fraction of sp³-hybridized carbons (Fsp3) is 0.519. The molecular weight excluding hydrogens is 498 g/mol. The third-order valence-electron chi connectivity index (χ3n) is 7.55. The summed E-state index contributed by atoms with van der Waals surface area (Å²) in [6.45, 7) is 2.32. The van der Waals surface area contributed by atoms with E-state index in [1.807, 2.05) is 31.2 Å². The van der Waals surface area contributed by atoms with Crippen LogP contribution in [0.15, 0.2) is 42.5 Å². The molecule has 10 heteroatoms. The number of hydrogen-bond donors (Lipinski definition) is 3. The van der Waals surface area contributed by atoms with Crippen molar-refractivity contribution in [3.05, 3.63) is 53.6 Å². The molecule has 2 aromatic carbocycles. The molecule has 0 spiro atoms. The number of aliphatic hydroxyl groups is 2. The lowest BCUT2D eigenvalue weighted by molar-refractivity contribution is -0.142. The molecule has 2 saturated heterocycles. The Morgan fingerprint density at radius 3 is 2.38 bits per heavy atom. The quantitative estimate of drug-likeness (QED) is 0.448. The van der Waals surface area contributed by atoms with Crippen LogP contribution in [0.2, 0.25) is 0 Å². The van der Waals surface area contributed by atoms with Gasteiger partial charge in [-0.15, -0.1) is 0 Å². The number of sulfonamides is 1. The van der Waals surface area contributed by atoms with Gasteiger partial charge in [0.1, 0.15) is 11.9 Å². The van der Waals surface area contributed by atoms with Crippen LogP contribution in [0, 0.1) is 6.92 Å². The van der Waals surface area contributed by atoms with Crippen molar-refractivity contribution in [2.24, 2.45) is 0 Å². The highest BCUT2D eigenvalue weighted by molar-refractivity contribution is 7.91. The topological polar surface area (TPSA) is 134 Å². The molecule has 0 aliphatic carbocycles. The van der Waals surface area contributed by atoms with Gasteiger partial charge in [-0.25, -0.2) is 12.7 Å². The minimum atomic E-state index is -4.01. The molecule has 2 aliphatic heterocycles. The van der Waals surface area contributed by atoms with Crippen LogP contribution in [0.3, 0.4) is 0 Å². The molecule has 0 saturated carbocycles. The second-order valence-corrected chi connectivity index (χ2v) is 12.0. The van der Waals surface area contributed by atoms with Crippen LogP contribution in [0.5, 0.6) is 5.75 Å². The Labute approximate surface area is 217 Å². The van der Waals surface area contributed by atoms with E-state index < -0.39 is 26.8 Å². The summed E-state index contributed by atoms with van der Waals surface area (Å²) in [4.78, 5) is 12.1. The van der Waals surface area contributed by atoms with Gasteiger partial charge in [0.15, 0.2) is 4.75 Å². The second-order valence-electron chi connectivity index (χ2n) is 9.80. The Morgan fingerprint density at radius 1 is 1.11 bits per heavy atom. The molecule has 0 unspecified atom stereocenters. The molecule has 2 aromatic rings. The zero-order valence-corrected chi connectivity index (χ0v) is 21.8. The van der Waals surface area contributed by atoms with Crippen molar-refractivity contribution in [2.75, 3.05) is 39.5 Å². The summed E-state index contributed by atoms with van der Waals surface area (Å²) in [6.07, 6.45) is 0.510. The Kier molecular flexibility index (Phi) is 8.55. The number of ether oxygens (including phenoxy) is 2. The molecule has 202 valence electrons. The van der Waals surface area contributed by atoms with Crippen LogP contribution in [0.1, 0.15) is 42.7 Å². The zero-order chi connectivity index (χ0) is 26.6. The van der Waals surface area contributed by atoms with Crippen LogP contribution in [0.25, 0.3) is 11.1 Å². The van der Waals surface area contributed by atoms with Crippen LogP contribution in [-0.4, -0.2) is 84.4 Å². The lowest BCUT2D eigenvalue weighted by Gasteiger charge is -2.39. The summed E-state index contributed by atoms with van der Waals surface area (Å²) < 4.78 is 37.2. The second kappa shape index (κ2) is 11.5. The van der Waals surface area contributed by atoms with Gasteiger partial charge in [0.25, 0.3) is 0 Å². The minimum absolute atomic E-state index is 0.0296. The monoisotopic (exact) mass is 533 g/mol. The first-order valence-corrected chi connectivity index (χ1v) is 14.1. The van der Waals surface area contributed by atoms with Gasteiger partial charge >= 0.3 is 5.97 Å². The van der Waals surface area contributed by atoms with E-state index >= 15 is 0 Å². The fourth-order valence-corrected chi connectivity index (χ4v) is 7.38. The van der Waals surface area contributed by atoms with E-state index in [0.29, 0.717) is 31.7 Å². The molecule has 37 heavy (non-hydrogen) atoms. The third kappa shape index (κ3) is 5.53. The highest BCUT2D eigenvalue weighted by Gasteiger charge is 2.54. The summed E-state index contributed by atoms with van der Waals surface area (Å²) in [5.41, 5.74) is 4.18. The Morgan fingerprint density at radius 2 is 1.78 bits per heavy atom. The molecule has 0 radical (unpaired) electrons. The predicted octanol–water partition coefficient (Wildman–Crippen LogP) is 2.54. The number of carboxylic acids is 1. The van der Waals surface area contributed by atoms with E-state index in [2.05, 4.69) is 12.1 Å². The maximum Gasteiger partial charge on any atom is 0.326 e. The van der Waals surface area contributed by atoms with Crippen molar-refractivity contribution in [2.45, 2.75) is 49.4 Å². The van der Waals surface area contributed by atoms with E-state index in [1.54, 1.807) is 6.07 Å². The summed E-state index contributed by atoms with van der Waals surface area (Å²) in [5.74, 6) is -0.549. The summed E-state index contributed by atoms with van der Waals surface area (Å²) in [7, 11) is -4.01. The van der Waals surface area contributed by atoms with Gasteiger partial charge in [-0.1, -0.05) is 30.3 Å². The standard InChI is InChI=1S/C27H35NO8S/c1-19-15-21(5-6-25(19)22-3-2-4-23(16-22)36-24(17-29)18-30)20-7-11-28(12-8-20)37(33,34)27(26(31)32)9-13-35-14-10-27/h2-6,15-16,20,24,29-30H,7-14,17-18H2,1H3,(H,31,32). The van der Waals surface area contributed by atoms with E-state index in [-0.39, 0.29) is 45.2 Å². The van der Waals surface area contributed by atoms with Gasteiger partial charge in [0.2, 0.25) is 10.0 Å². The molecule has 4 rings (SSSR count). The van der Waals surface area contributed by atoms with Gasteiger partial charge in [-0.3, -0.25) is 4.79 Å². The summed E-state index contributed by atoms with van der Waals surface area (Å²) >= 11 is 0. The predicted molar refractivity (Wildman–Crippen MR) is 138 cm³/mol. The molecule has 2 heterocycles. The fourth-order valence-electron chi connectivity index (χ4n) is 5.29. The van der Waals surface area contributed by atoms with Crippen molar-refractivity contribution in [1.82, 2.24) is 4.31 Å². The summed E-state index contributed by atoms with van der Waals surface area (Å²) in [6, 6.07) is 13.7. The van der Waals surface area contributed by atoms with Crippen LogP contribution >= 0.6 is 0 Å². The molecular formula is C27H35NO8S. The minimum Gasteiger partial charge on any atom is -0.486 e. The highest BCUT2D eigenvalue weighted by Crippen LogP contribution is 2.38. The van der Waals surface area contributed by atoms with Crippen LogP contribution in [0.4, 0.5) is 0 Å². The van der Waals surface area contributed by atoms with Crippen molar-refractivity contribution in [3.8, 4) is 16.9 Å². The van der Waals surface area contributed by atoms with E-state index in [1.165, 1.54) is 4.31 Å². The third-order valence-corrected chi connectivity index (χ3v) is 10.2. The molecule has 0 amide bonds. The number of rotatable bonds is 9. The number of hydrogen-bond acceptors (Lipinski definition) is 7. The number of aryl methyl sites for hydroxylation is 1. The number of piperidine rings is 1. The molecule has 3 N–H and O–H groups in total. The van der Waals surface area contributed by atoms with Crippen molar-refractivity contribution >= 4 is 16.0 Å². The number of nitrogens with zero attached hydrogens (tertiary/aromatic N) is 1. The van der Waals surface area contributed by atoms with Crippen molar-refractivity contribution < 1.29 is 38.0 Å². The van der Waals surface area contributed by atoms with Gasteiger partial charge in [-0.05, 0) is 60.1 Å². The zero-order valence-electron chi connectivity index (χ0n) is 21.0. The summed E-state index contributed by atoms with van der Waals surface area (Å²) in [5, 5.41) is 28.4. The highest BCUT2D eigenvalue weighted by atomic mass is 32.2. The largest absolute Gasteiger partial charge is 0.486 e. The average molecular weight is 534 g/mol. The average Bonchev–Trinajstić information content (AvgIpc) is 2.92. The SMILES string of the molecule is Cc1cc(C2CCN(S(=O)(=O)C3(C(=O)O)CCOCC3)CC2)ccc1-c1cccc(OC(CO)CO)c1. The Bertz CT molecular complexity index is 1200. The van der Waals surface area contributed by atoms with Gasteiger partial charge < -0.3 is 24.8 Å². The lowest BCUT2D eigenvalue weighted by atomic mass is 9.87.